The Morgan fingerprint density at radius 3 is 2.52 bits per heavy atom. The summed E-state index contributed by atoms with van der Waals surface area (Å²) in [5.74, 6) is 0.975. The molecule has 0 aliphatic rings. The Hall–Kier alpha value is -2.39. The summed E-state index contributed by atoms with van der Waals surface area (Å²) >= 11 is 1.54. The Morgan fingerprint density at radius 2 is 1.57 bits per heavy atom. The molecule has 102 valence electrons. The van der Waals surface area contributed by atoms with Crippen molar-refractivity contribution in [3.63, 3.8) is 0 Å². The Morgan fingerprint density at radius 1 is 0.810 bits per heavy atom. The first-order valence-corrected chi connectivity index (χ1v) is 7.74. The van der Waals surface area contributed by atoms with Crippen molar-refractivity contribution in [2.24, 2.45) is 0 Å². The van der Waals surface area contributed by atoms with Gasteiger partial charge in [0.15, 0.2) is 0 Å². The number of benzene rings is 3. The SMILES string of the molecule is c1ccc2c(CNc3nsc4ccccc34)cccc2c1. The average molecular weight is 290 g/mol. The summed E-state index contributed by atoms with van der Waals surface area (Å²) in [6.07, 6.45) is 0. The molecular formula is C18H14N2S. The number of nitrogens with zero attached hydrogens (tertiary/aromatic N) is 1. The molecule has 0 fully saturated rings. The molecule has 1 N–H and O–H groups in total. The second-order valence-corrected chi connectivity index (χ2v) is 5.82. The monoisotopic (exact) mass is 290 g/mol. The Balaban J connectivity index is 1.67. The molecular weight excluding hydrogens is 276 g/mol. The Bertz CT molecular complexity index is 906. The van der Waals surface area contributed by atoms with Crippen LogP contribution in [0.25, 0.3) is 20.9 Å². The van der Waals surface area contributed by atoms with E-state index in [1.54, 1.807) is 11.5 Å². The van der Waals surface area contributed by atoms with Gasteiger partial charge in [0.2, 0.25) is 0 Å². The zero-order chi connectivity index (χ0) is 14.1. The molecule has 21 heavy (non-hydrogen) atoms. The molecule has 0 bridgehead atoms. The zero-order valence-corrected chi connectivity index (χ0v) is 12.2. The molecule has 4 rings (SSSR count). The molecule has 0 aliphatic heterocycles. The average Bonchev–Trinajstić information content (AvgIpc) is 2.96. The minimum absolute atomic E-state index is 0.787. The molecule has 2 nitrogen and oxygen atoms in total. The molecule has 0 saturated carbocycles. The molecule has 0 spiro atoms. The number of hydrogen-bond donors (Lipinski definition) is 1. The van der Waals surface area contributed by atoms with E-state index in [1.165, 1.54) is 26.4 Å². The fourth-order valence-corrected chi connectivity index (χ4v) is 3.39. The minimum atomic E-state index is 0.787. The van der Waals surface area contributed by atoms with Crippen LogP contribution in [0.15, 0.2) is 66.7 Å². The van der Waals surface area contributed by atoms with Gasteiger partial charge in [-0.05, 0) is 40.0 Å². The van der Waals surface area contributed by atoms with E-state index in [2.05, 4.69) is 76.4 Å². The van der Waals surface area contributed by atoms with Gasteiger partial charge in [-0.15, -0.1) is 0 Å². The predicted octanol–water partition coefficient (Wildman–Crippen LogP) is 5.06. The van der Waals surface area contributed by atoms with Crippen LogP contribution in [0.3, 0.4) is 0 Å². The fraction of sp³-hybridized carbons (Fsp3) is 0.0556. The molecule has 1 heterocycles. The topological polar surface area (TPSA) is 24.9 Å². The quantitative estimate of drug-likeness (QED) is 0.570. The van der Waals surface area contributed by atoms with E-state index in [4.69, 9.17) is 0 Å². The molecule has 3 heteroatoms. The number of aromatic nitrogens is 1. The highest BCUT2D eigenvalue weighted by atomic mass is 32.1. The van der Waals surface area contributed by atoms with Gasteiger partial charge in [-0.25, -0.2) is 0 Å². The van der Waals surface area contributed by atoms with Crippen LogP contribution in [0, 0.1) is 0 Å². The number of rotatable bonds is 3. The lowest BCUT2D eigenvalue weighted by Gasteiger charge is -2.08. The Kier molecular flexibility index (Phi) is 3.05. The van der Waals surface area contributed by atoms with Crippen LogP contribution < -0.4 is 5.32 Å². The van der Waals surface area contributed by atoms with Crippen molar-refractivity contribution in [2.45, 2.75) is 6.54 Å². The van der Waals surface area contributed by atoms with E-state index in [1.807, 2.05) is 0 Å². The van der Waals surface area contributed by atoms with E-state index in [9.17, 15) is 0 Å². The van der Waals surface area contributed by atoms with Crippen molar-refractivity contribution < 1.29 is 0 Å². The van der Waals surface area contributed by atoms with Crippen molar-refractivity contribution in [2.75, 3.05) is 5.32 Å². The first-order chi connectivity index (χ1) is 10.4. The van der Waals surface area contributed by atoms with Crippen LogP contribution in [0.1, 0.15) is 5.56 Å². The second kappa shape index (κ2) is 5.19. The summed E-state index contributed by atoms with van der Waals surface area (Å²) in [4.78, 5) is 0. The number of hydrogen-bond acceptors (Lipinski definition) is 3. The van der Waals surface area contributed by atoms with E-state index in [-0.39, 0.29) is 0 Å². The van der Waals surface area contributed by atoms with Gasteiger partial charge in [0.1, 0.15) is 5.82 Å². The summed E-state index contributed by atoms with van der Waals surface area (Å²) in [6.45, 7) is 0.787. The lowest BCUT2D eigenvalue weighted by Crippen LogP contribution is -2.00. The minimum Gasteiger partial charge on any atom is -0.365 e. The lowest BCUT2D eigenvalue weighted by molar-refractivity contribution is 1.16. The predicted molar refractivity (Wildman–Crippen MR) is 90.9 cm³/mol. The van der Waals surface area contributed by atoms with Gasteiger partial charge >= 0.3 is 0 Å². The van der Waals surface area contributed by atoms with Gasteiger partial charge in [-0.3, -0.25) is 0 Å². The molecule has 3 aromatic carbocycles. The zero-order valence-electron chi connectivity index (χ0n) is 11.4. The number of fused-ring (bicyclic) bond motifs is 2. The van der Waals surface area contributed by atoms with E-state index >= 15 is 0 Å². The van der Waals surface area contributed by atoms with Gasteiger partial charge in [0.25, 0.3) is 0 Å². The largest absolute Gasteiger partial charge is 0.365 e. The van der Waals surface area contributed by atoms with Crippen LogP contribution in [0.5, 0.6) is 0 Å². The molecule has 1 aromatic heterocycles. The Labute approximate surface area is 127 Å². The third kappa shape index (κ3) is 2.26. The number of nitrogens with one attached hydrogen (secondary N) is 1. The maximum Gasteiger partial charge on any atom is 0.147 e. The van der Waals surface area contributed by atoms with Gasteiger partial charge in [0, 0.05) is 11.9 Å². The lowest BCUT2D eigenvalue weighted by atomic mass is 10.0. The molecule has 0 amide bonds. The van der Waals surface area contributed by atoms with Crippen molar-refractivity contribution >= 4 is 38.2 Å². The smallest absolute Gasteiger partial charge is 0.147 e. The van der Waals surface area contributed by atoms with Gasteiger partial charge < -0.3 is 5.32 Å². The third-order valence-corrected chi connectivity index (χ3v) is 4.53. The van der Waals surface area contributed by atoms with Crippen LogP contribution in [-0.4, -0.2) is 4.37 Å². The highest BCUT2D eigenvalue weighted by molar-refractivity contribution is 7.13. The summed E-state index contributed by atoms with van der Waals surface area (Å²) in [5.41, 5.74) is 1.30. The molecule has 0 aliphatic carbocycles. The van der Waals surface area contributed by atoms with Crippen LogP contribution >= 0.6 is 11.5 Å². The third-order valence-electron chi connectivity index (χ3n) is 3.70. The first kappa shape index (κ1) is 12.4. The standard InChI is InChI=1S/C18H14N2S/c1-2-9-15-13(6-1)7-5-8-14(15)12-19-18-16-10-3-4-11-17(16)21-20-18/h1-11H,12H2,(H,19,20). The first-order valence-electron chi connectivity index (χ1n) is 6.97. The summed E-state index contributed by atoms with van der Waals surface area (Å²) in [6, 6.07) is 23.2. The van der Waals surface area contributed by atoms with Crippen molar-refractivity contribution in [3.05, 3.63) is 72.3 Å². The highest BCUT2D eigenvalue weighted by Gasteiger charge is 2.06. The fourth-order valence-electron chi connectivity index (χ4n) is 2.64. The van der Waals surface area contributed by atoms with Crippen molar-refractivity contribution in [1.29, 1.82) is 0 Å². The molecule has 4 aromatic rings. The molecule has 0 unspecified atom stereocenters. The van der Waals surface area contributed by atoms with Gasteiger partial charge in [-0.1, -0.05) is 54.6 Å². The van der Waals surface area contributed by atoms with E-state index in [0.29, 0.717) is 0 Å². The van der Waals surface area contributed by atoms with Crippen molar-refractivity contribution in [3.8, 4) is 0 Å². The van der Waals surface area contributed by atoms with Crippen LogP contribution in [-0.2, 0) is 6.54 Å². The highest BCUT2D eigenvalue weighted by Crippen LogP contribution is 2.27. The van der Waals surface area contributed by atoms with Crippen LogP contribution in [0.4, 0.5) is 5.82 Å². The summed E-state index contributed by atoms with van der Waals surface area (Å²) in [5, 5.41) is 7.25. The van der Waals surface area contributed by atoms with Crippen molar-refractivity contribution in [1.82, 2.24) is 4.37 Å². The second-order valence-electron chi connectivity index (χ2n) is 5.02. The maximum atomic E-state index is 4.52. The van der Waals surface area contributed by atoms with E-state index in [0.717, 1.165) is 12.4 Å². The summed E-state index contributed by atoms with van der Waals surface area (Å²) in [7, 11) is 0. The normalized spacial score (nSPS) is 11.0. The van der Waals surface area contributed by atoms with Gasteiger partial charge in [0.05, 0.1) is 4.70 Å². The van der Waals surface area contributed by atoms with Gasteiger partial charge in [-0.2, -0.15) is 4.37 Å². The van der Waals surface area contributed by atoms with Crippen LogP contribution in [0.2, 0.25) is 0 Å². The van der Waals surface area contributed by atoms with E-state index < -0.39 is 0 Å². The molecule has 0 saturated heterocycles. The summed E-state index contributed by atoms with van der Waals surface area (Å²) < 4.78 is 5.74. The maximum absolute atomic E-state index is 4.52. The molecule has 0 radical (unpaired) electrons. The molecule has 0 atom stereocenters. The number of anilines is 1.